The lowest BCUT2D eigenvalue weighted by atomic mass is 9.70. The van der Waals surface area contributed by atoms with Crippen molar-refractivity contribution in [1.29, 1.82) is 0 Å². The molecule has 1 aromatic carbocycles. The first-order valence-corrected chi connectivity index (χ1v) is 16.2. The number of ether oxygens (including phenoxy) is 2. The Bertz CT molecular complexity index is 1190. The zero-order valence-corrected chi connectivity index (χ0v) is 26.4. The van der Waals surface area contributed by atoms with Crippen LogP contribution in [-0.4, -0.2) is 125 Å². The largest absolute Gasteiger partial charge is 0.394 e. The van der Waals surface area contributed by atoms with Crippen LogP contribution in [0.2, 0.25) is 0 Å². The highest BCUT2D eigenvalue weighted by Crippen LogP contribution is 2.61. The molecule has 234 valence electrons. The second-order valence-corrected chi connectivity index (χ2v) is 12.9. The van der Waals surface area contributed by atoms with E-state index in [-0.39, 0.29) is 35.7 Å². The zero-order chi connectivity index (χ0) is 30.7. The third-order valence-electron chi connectivity index (χ3n) is 9.42. The van der Waals surface area contributed by atoms with Gasteiger partial charge in [-0.05, 0) is 25.0 Å². The van der Waals surface area contributed by atoms with E-state index in [0.29, 0.717) is 51.4 Å². The minimum Gasteiger partial charge on any atom is -0.394 e. The van der Waals surface area contributed by atoms with E-state index in [1.54, 1.807) is 26.9 Å². The van der Waals surface area contributed by atoms with Gasteiger partial charge in [-0.25, -0.2) is 0 Å². The van der Waals surface area contributed by atoms with Crippen LogP contribution in [0, 0.1) is 11.8 Å². The average molecular weight is 660 g/mol. The van der Waals surface area contributed by atoms with Crippen molar-refractivity contribution >= 4 is 39.3 Å². The number of para-hydroxylation sites is 1. The number of anilines is 1. The van der Waals surface area contributed by atoms with Crippen LogP contribution in [0.4, 0.5) is 5.69 Å². The summed E-state index contributed by atoms with van der Waals surface area (Å²) in [6.07, 6.45) is 3.64. The SMILES string of the molecule is C=CCN(CCN1CCOCC1)C(=O)C1N([C@@H](CC)CO)C(=O)[C@@H]2[C@@H](C(=O)N(CC=C)c3ccccc3)[C@@H]3OC12CC3Br. The van der Waals surface area contributed by atoms with Gasteiger partial charge in [0.2, 0.25) is 17.7 Å². The molecule has 1 N–H and O–H groups in total. The van der Waals surface area contributed by atoms with Gasteiger partial charge in [-0.15, -0.1) is 13.2 Å². The predicted molar refractivity (Wildman–Crippen MR) is 167 cm³/mol. The summed E-state index contributed by atoms with van der Waals surface area (Å²) < 4.78 is 12.2. The fourth-order valence-electron chi connectivity index (χ4n) is 7.38. The lowest BCUT2D eigenvalue weighted by Crippen LogP contribution is -2.59. The summed E-state index contributed by atoms with van der Waals surface area (Å²) in [6.45, 7) is 13.9. The Morgan fingerprint density at radius 1 is 1.16 bits per heavy atom. The molecule has 0 radical (unpaired) electrons. The van der Waals surface area contributed by atoms with Crippen molar-refractivity contribution in [3.63, 3.8) is 0 Å². The number of hydrogen-bond donors (Lipinski definition) is 1. The third kappa shape index (κ3) is 5.70. The normalized spacial score (nSPS) is 30.6. The maximum Gasteiger partial charge on any atom is 0.248 e. The van der Waals surface area contributed by atoms with Gasteiger partial charge in [-0.1, -0.05) is 53.2 Å². The Labute approximate surface area is 262 Å². The number of amides is 3. The van der Waals surface area contributed by atoms with E-state index in [9.17, 15) is 19.5 Å². The minimum atomic E-state index is -1.20. The molecule has 3 amide bonds. The van der Waals surface area contributed by atoms with Crippen molar-refractivity contribution in [2.45, 2.75) is 48.4 Å². The maximum atomic E-state index is 14.6. The molecule has 4 fully saturated rings. The second-order valence-electron chi connectivity index (χ2n) is 11.8. The number of fused-ring (bicyclic) bond motifs is 1. The first-order chi connectivity index (χ1) is 20.8. The monoisotopic (exact) mass is 658 g/mol. The predicted octanol–water partition coefficient (Wildman–Crippen LogP) is 2.07. The quantitative estimate of drug-likeness (QED) is 0.256. The molecule has 4 saturated heterocycles. The van der Waals surface area contributed by atoms with Gasteiger partial charge in [0, 0.05) is 49.8 Å². The van der Waals surface area contributed by atoms with Crippen molar-refractivity contribution in [3.8, 4) is 0 Å². The van der Waals surface area contributed by atoms with Crippen LogP contribution in [0.5, 0.6) is 0 Å². The topological polar surface area (TPSA) is 103 Å². The number of morpholine rings is 1. The van der Waals surface area contributed by atoms with Crippen LogP contribution in [0.3, 0.4) is 0 Å². The number of aliphatic hydroxyl groups is 1. The van der Waals surface area contributed by atoms with Crippen molar-refractivity contribution in [3.05, 3.63) is 55.6 Å². The minimum absolute atomic E-state index is 0.225. The molecule has 1 aromatic rings. The Morgan fingerprint density at radius 3 is 2.49 bits per heavy atom. The van der Waals surface area contributed by atoms with Crippen LogP contribution < -0.4 is 4.90 Å². The van der Waals surface area contributed by atoms with E-state index in [2.05, 4.69) is 34.0 Å². The maximum absolute atomic E-state index is 14.6. The smallest absolute Gasteiger partial charge is 0.248 e. The van der Waals surface area contributed by atoms with Gasteiger partial charge < -0.3 is 29.3 Å². The fraction of sp³-hybridized carbons (Fsp3) is 0.594. The van der Waals surface area contributed by atoms with E-state index < -0.39 is 35.6 Å². The van der Waals surface area contributed by atoms with Crippen LogP contribution in [0.25, 0.3) is 0 Å². The summed E-state index contributed by atoms with van der Waals surface area (Å²) in [4.78, 5) is 50.4. The molecule has 10 nitrogen and oxygen atoms in total. The Balaban J connectivity index is 1.52. The Morgan fingerprint density at radius 2 is 1.86 bits per heavy atom. The van der Waals surface area contributed by atoms with Gasteiger partial charge in [0.15, 0.2) is 0 Å². The van der Waals surface area contributed by atoms with Gasteiger partial charge in [-0.3, -0.25) is 19.3 Å². The van der Waals surface area contributed by atoms with Crippen molar-refractivity contribution in [1.82, 2.24) is 14.7 Å². The Kier molecular flexibility index (Phi) is 10.1. The van der Waals surface area contributed by atoms with E-state index in [4.69, 9.17) is 9.47 Å². The van der Waals surface area contributed by atoms with Gasteiger partial charge in [0.25, 0.3) is 0 Å². The molecule has 0 aromatic heterocycles. The van der Waals surface area contributed by atoms with E-state index in [0.717, 1.165) is 13.1 Å². The van der Waals surface area contributed by atoms with E-state index in [1.165, 1.54) is 0 Å². The molecule has 5 rings (SSSR count). The molecule has 4 aliphatic heterocycles. The number of likely N-dealkylation sites (tertiary alicyclic amines) is 1. The van der Waals surface area contributed by atoms with Crippen molar-refractivity contribution in [2.24, 2.45) is 11.8 Å². The van der Waals surface area contributed by atoms with Gasteiger partial charge in [0.1, 0.15) is 11.6 Å². The van der Waals surface area contributed by atoms with E-state index >= 15 is 0 Å². The molecule has 11 heteroatoms. The number of hydrogen-bond acceptors (Lipinski definition) is 7. The number of nitrogens with zero attached hydrogens (tertiary/aromatic N) is 4. The molecular formula is C32H43BrN4O6. The number of alkyl halides is 1. The molecule has 1 spiro atoms. The second kappa shape index (κ2) is 13.6. The van der Waals surface area contributed by atoms with Crippen molar-refractivity contribution in [2.75, 3.05) is 64.0 Å². The number of halogens is 1. The number of aliphatic hydroxyl groups excluding tert-OH is 1. The molecule has 43 heavy (non-hydrogen) atoms. The van der Waals surface area contributed by atoms with Crippen LogP contribution in [-0.2, 0) is 23.9 Å². The number of benzene rings is 1. The van der Waals surface area contributed by atoms with Crippen LogP contribution >= 0.6 is 15.9 Å². The van der Waals surface area contributed by atoms with E-state index in [1.807, 2.05) is 37.3 Å². The summed E-state index contributed by atoms with van der Waals surface area (Å²) in [5.74, 6) is -2.44. The van der Waals surface area contributed by atoms with Gasteiger partial charge >= 0.3 is 0 Å². The standard InChI is InChI=1S/C32H43BrN4O6/c1-4-12-35(15-14-34-16-18-42-19-17-34)31(41)28-32-20-24(33)27(43-32)25(26(32)30(40)37(28)22(6-3)21-38)29(39)36(13-5-2)23-10-8-7-9-11-23/h4-5,7-11,22,24-28,38H,1-2,6,12-21H2,3H3/t22-,24?,25+,26-,27+,28?,32?/m0/s1. The van der Waals surface area contributed by atoms with Gasteiger partial charge in [0.05, 0.1) is 43.8 Å². The molecular weight excluding hydrogens is 616 g/mol. The highest BCUT2D eigenvalue weighted by atomic mass is 79.9. The van der Waals surface area contributed by atoms with Crippen molar-refractivity contribution < 1.29 is 29.0 Å². The summed E-state index contributed by atoms with van der Waals surface area (Å²) >= 11 is 3.76. The number of carbonyl (C=O) groups is 3. The lowest BCUT2D eigenvalue weighted by molar-refractivity contribution is -0.151. The zero-order valence-electron chi connectivity index (χ0n) is 24.9. The Hall–Kier alpha value is -2.57. The third-order valence-corrected chi connectivity index (χ3v) is 10.3. The first kappa shape index (κ1) is 31.8. The lowest BCUT2D eigenvalue weighted by Gasteiger charge is -2.39. The molecule has 2 bridgehead atoms. The molecule has 7 atom stereocenters. The highest BCUT2D eigenvalue weighted by molar-refractivity contribution is 9.09. The number of rotatable bonds is 13. The summed E-state index contributed by atoms with van der Waals surface area (Å²) in [5, 5.41) is 10.4. The fourth-order valence-corrected chi connectivity index (χ4v) is 8.33. The molecule has 3 unspecified atom stereocenters. The van der Waals surface area contributed by atoms with Gasteiger partial charge in [-0.2, -0.15) is 0 Å². The highest BCUT2D eigenvalue weighted by Gasteiger charge is 2.77. The average Bonchev–Trinajstić information content (AvgIpc) is 3.62. The molecule has 4 aliphatic rings. The number of carbonyl (C=O) groups excluding carboxylic acids is 3. The molecule has 0 aliphatic carbocycles. The first-order valence-electron chi connectivity index (χ1n) is 15.2. The summed E-state index contributed by atoms with van der Waals surface area (Å²) in [7, 11) is 0. The van der Waals surface area contributed by atoms with Crippen LogP contribution in [0.15, 0.2) is 55.6 Å². The molecule has 0 saturated carbocycles. The summed E-state index contributed by atoms with van der Waals surface area (Å²) in [5.41, 5.74) is -0.502. The summed E-state index contributed by atoms with van der Waals surface area (Å²) in [6, 6.07) is 7.75. The molecule has 4 heterocycles. The van der Waals surface area contributed by atoms with Crippen LogP contribution in [0.1, 0.15) is 19.8 Å².